The van der Waals surface area contributed by atoms with Crippen LogP contribution >= 0.6 is 11.6 Å². The predicted molar refractivity (Wildman–Crippen MR) is 88.3 cm³/mol. The third-order valence-electron chi connectivity index (χ3n) is 3.24. The highest BCUT2D eigenvalue weighted by Crippen LogP contribution is 2.13. The van der Waals surface area contributed by atoms with E-state index >= 15 is 0 Å². The molecule has 2 aromatic carbocycles. The number of amides is 1. The number of anilines is 1. The van der Waals surface area contributed by atoms with Crippen molar-refractivity contribution in [2.45, 2.75) is 6.42 Å². The molecule has 0 aliphatic rings. The summed E-state index contributed by atoms with van der Waals surface area (Å²) >= 11 is 5.84. The van der Waals surface area contributed by atoms with Gasteiger partial charge in [0.2, 0.25) is 0 Å². The number of rotatable bonds is 5. The maximum Gasteiger partial charge on any atom is 0.251 e. The Morgan fingerprint density at radius 1 is 1.14 bits per heavy atom. The molecule has 0 bridgehead atoms. The summed E-state index contributed by atoms with van der Waals surface area (Å²) in [6, 6.07) is 15.2. The summed E-state index contributed by atoms with van der Waals surface area (Å²) in [6.45, 7) is 0.604. The molecule has 1 N–H and O–H groups in total. The molecule has 0 saturated carbocycles. The Balaban J connectivity index is 1.89. The van der Waals surface area contributed by atoms with E-state index in [4.69, 9.17) is 11.6 Å². The van der Waals surface area contributed by atoms with Crippen LogP contribution < -0.4 is 10.2 Å². The monoisotopic (exact) mass is 302 g/mol. The van der Waals surface area contributed by atoms with E-state index in [1.54, 1.807) is 0 Å². The first-order chi connectivity index (χ1) is 10.1. The van der Waals surface area contributed by atoms with Gasteiger partial charge in [0.05, 0.1) is 0 Å². The molecule has 110 valence electrons. The van der Waals surface area contributed by atoms with Gasteiger partial charge >= 0.3 is 0 Å². The summed E-state index contributed by atoms with van der Waals surface area (Å²) in [5.41, 5.74) is 2.85. The van der Waals surface area contributed by atoms with Gasteiger partial charge in [0.1, 0.15) is 0 Å². The molecule has 0 aliphatic heterocycles. The zero-order valence-electron chi connectivity index (χ0n) is 12.3. The summed E-state index contributed by atoms with van der Waals surface area (Å²) in [7, 11) is 3.91. The number of benzene rings is 2. The molecule has 1 amide bonds. The van der Waals surface area contributed by atoms with Crippen molar-refractivity contribution in [2.75, 3.05) is 25.5 Å². The summed E-state index contributed by atoms with van der Waals surface area (Å²) in [4.78, 5) is 14.1. The molecule has 21 heavy (non-hydrogen) atoms. The highest BCUT2D eigenvalue weighted by molar-refractivity contribution is 6.30. The van der Waals surface area contributed by atoms with Crippen LogP contribution in [0.1, 0.15) is 15.9 Å². The van der Waals surface area contributed by atoms with Crippen LogP contribution in [0.3, 0.4) is 0 Å². The molecule has 0 fully saturated rings. The molecular weight excluding hydrogens is 284 g/mol. The molecule has 0 atom stereocenters. The van der Waals surface area contributed by atoms with Gasteiger partial charge in [-0.15, -0.1) is 0 Å². The molecule has 0 unspecified atom stereocenters. The van der Waals surface area contributed by atoms with Gasteiger partial charge < -0.3 is 10.2 Å². The second-order valence-electron chi connectivity index (χ2n) is 5.08. The predicted octanol–water partition coefficient (Wildman–Crippen LogP) is 3.38. The van der Waals surface area contributed by atoms with Gasteiger partial charge in [-0.2, -0.15) is 0 Å². The van der Waals surface area contributed by atoms with Gasteiger partial charge in [-0.3, -0.25) is 4.79 Å². The molecule has 4 heteroatoms. The molecule has 0 aliphatic carbocycles. The fourth-order valence-corrected chi connectivity index (χ4v) is 2.12. The lowest BCUT2D eigenvalue weighted by atomic mass is 10.1. The fourth-order valence-electron chi connectivity index (χ4n) is 2.00. The minimum absolute atomic E-state index is 0.0485. The van der Waals surface area contributed by atoms with E-state index in [0.29, 0.717) is 12.1 Å². The molecule has 0 aromatic heterocycles. The molecule has 0 saturated heterocycles. The van der Waals surface area contributed by atoms with Gasteiger partial charge in [0, 0.05) is 36.9 Å². The summed E-state index contributed by atoms with van der Waals surface area (Å²) in [5, 5.41) is 3.66. The van der Waals surface area contributed by atoms with Crippen molar-refractivity contribution >= 4 is 23.2 Å². The average Bonchev–Trinajstić information content (AvgIpc) is 2.49. The Kier molecular flexibility index (Phi) is 5.23. The molecule has 0 spiro atoms. The second kappa shape index (κ2) is 7.14. The van der Waals surface area contributed by atoms with E-state index in [0.717, 1.165) is 22.7 Å². The van der Waals surface area contributed by atoms with Crippen molar-refractivity contribution < 1.29 is 4.79 Å². The molecule has 0 heterocycles. The highest BCUT2D eigenvalue weighted by atomic mass is 35.5. The standard InChI is InChI=1S/C17H19ClN2O/c1-20(2)16-5-3-4-14(12-16)17(21)19-11-10-13-6-8-15(18)9-7-13/h3-9,12H,10-11H2,1-2H3,(H,19,21). The van der Waals surface area contributed by atoms with Crippen molar-refractivity contribution in [1.29, 1.82) is 0 Å². The maximum absolute atomic E-state index is 12.1. The van der Waals surface area contributed by atoms with Crippen molar-refractivity contribution in [3.05, 3.63) is 64.7 Å². The number of hydrogen-bond acceptors (Lipinski definition) is 2. The third kappa shape index (κ3) is 4.50. The van der Waals surface area contributed by atoms with Crippen LogP contribution in [0.25, 0.3) is 0 Å². The van der Waals surface area contributed by atoms with Crippen LogP contribution in [0.4, 0.5) is 5.69 Å². The van der Waals surface area contributed by atoms with E-state index in [1.807, 2.05) is 67.5 Å². The van der Waals surface area contributed by atoms with Crippen LogP contribution in [0.2, 0.25) is 5.02 Å². The molecular formula is C17H19ClN2O. The van der Waals surface area contributed by atoms with Crippen LogP contribution in [0, 0.1) is 0 Å². The number of nitrogens with zero attached hydrogens (tertiary/aromatic N) is 1. The van der Waals surface area contributed by atoms with Gasteiger partial charge in [0.15, 0.2) is 0 Å². The fraction of sp³-hybridized carbons (Fsp3) is 0.235. The normalized spacial score (nSPS) is 10.2. The Bertz CT molecular complexity index is 608. The molecule has 2 rings (SSSR count). The van der Waals surface area contributed by atoms with Crippen LogP contribution in [-0.4, -0.2) is 26.5 Å². The Morgan fingerprint density at radius 3 is 2.52 bits per heavy atom. The van der Waals surface area contributed by atoms with Gasteiger partial charge in [-0.1, -0.05) is 29.8 Å². The molecule has 3 nitrogen and oxygen atoms in total. The minimum Gasteiger partial charge on any atom is -0.378 e. The van der Waals surface area contributed by atoms with Crippen molar-refractivity contribution in [2.24, 2.45) is 0 Å². The second-order valence-corrected chi connectivity index (χ2v) is 5.51. The summed E-state index contributed by atoms with van der Waals surface area (Å²) in [5.74, 6) is -0.0485. The van der Waals surface area contributed by atoms with E-state index in [9.17, 15) is 4.79 Å². The minimum atomic E-state index is -0.0485. The lowest BCUT2D eigenvalue weighted by Crippen LogP contribution is -2.25. The van der Waals surface area contributed by atoms with E-state index in [2.05, 4.69) is 5.32 Å². The first kappa shape index (κ1) is 15.4. The molecule has 0 radical (unpaired) electrons. The van der Waals surface area contributed by atoms with Crippen molar-refractivity contribution in [1.82, 2.24) is 5.32 Å². The van der Waals surface area contributed by atoms with Gasteiger partial charge in [-0.05, 0) is 42.3 Å². The van der Waals surface area contributed by atoms with Crippen LogP contribution in [-0.2, 0) is 6.42 Å². The largest absolute Gasteiger partial charge is 0.378 e. The summed E-state index contributed by atoms with van der Waals surface area (Å²) in [6.07, 6.45) is 0.788. The SMILES string of the molecule is CN(C)c1cccc(C(=O)NCCc2ccc(Cl)cc2)c1. The lowest BCUT2D eigenvalue weighted by Gasteiger charge is -2.13. The van der Waals surface area contributed by atoms with Crippen molar-refractivity contribution in [3.8, 4) is 0 Å². The van der Waals surface area contributed by atoms with Gasteiger partial charge in [-0.25, -0.2) is 0 Å². The maximum atomic E-state index is 12.1. The smallest absolute Gasteiger partial charge is 0.251 e. The lowest BCUT2D eigenvalue weighted by molar-refractivity contribution is 0.0954. The quantitative estimate of drug-likeness (QED) is 0.918. The zero-order chi connectivity index (χ0) is 15.2. The Hall–Kier alpha value is -2.00. The summed E-state index contributed by atoms with van der Waals surface area (Å²) < 4.78 is 0. The number of hydrogen-bond donors (Lipinski definition) is 1. The first-order valence-electron chi connectivity index (χ1n) is 6.86. The van der Waals surface area contributed by atoms with E-state index in [-0.39, 0.29) is 5.91 Å². The zero-order valence-corrected chi connectivity index (χ0v) is 13.0. The Morgan fingerprint density at radius 2 is 1.86 bits per heavy atom. The number of carbonyl (C=O) groups is 1. The third-order valence-corrected chi connectivity index (χ3v) is 3.49. The van der Waals surface area contributed by atoms with Crippen LogP contribution in [0.15, 0.2) is 48.5 Å². The number of halogens is 1. The topological polar surface area (TPSA) is 32.3 Å². The van der Waals surface area contributed by atoms with E-state index in [1.165, 1.54) is 0 Å². The Labute approximate surface area is 130 Å². The highest BCUT2D eigenvalue weighted by Gasteiger charge is 2.06. The first-order valence-corrected chi connectivity index (χ1v) is 7.24. The number of nitrogens with one attached hydrogen (secondary N) is 1. The van der Waals surface area contributed by atoms with Crippen molar-refractivity contribution in [3.63, 3.8) is 0 Å². The van der Waals surface area contributed by atoms with Gasteiger partial charge in [0.25, 0.3) is 5.91 Å². The number of carbonyl (C=O) groups excluding carboxylic acids is 1. The molecule has 2 aromatic rings. The average molecular weight is 303 g/mol. The van der Waals surface area contributed by atoms with Crippen LogP contribution in [0.5, 0.6) is 0 Å². The van der Waals surface area contributed by atoms with E-state index < -0.39 is 0 Å².